The Morgan fingerprint density at radius 3 is 2.06 bits per heavy atom. The summed E-state index contributed by atoms with van der Waals surface area (Å²) in [5.74, 6) is -3.94. The maximum absolute atomic E-state index is 14.8. The van der Waals surface area contributed by atoms with Gasteiger partial charge in [0.15, 0.2) is 12.5 Å². The number of carboxylic acids is 1. The molecule has 0 spiro atoms. The van der Waals surface area contributed by atoms with E-state index in [0.29, 0.717) is 4.68 Å². The number of ether oxygens (including phenoxy) is 3. The number of hydrogen-bond acceptors (Lipinski definition) is 8. The number of benzene rings is 2. The number of alkyl halides is 10. The van der Waals surface area contributed by atoms with Crippen molar-refractivity contribution in [2.24, 2.45) is 5.41 Å². The topological polar surface area (TPSA) is 144 Å². The average molecular weight is 821 g/mol. The van der Waals surface area contributed by atoms with E-state index in [4.69, 9.17) is 32.7 Å². The summed E-state index contributed by atoms with van der Waals surface area (Å²) in [6.07, 6.45) is -17.8. The van der Waals surface area contributed by atoms with Crippen molar-refractivity contribution in [1.29, 1.82) is 5.26 Å². The van der Waals surface area contributed by atoms with Crippen molar-refractivity contribution in [3.63, 3.8) is 0 Å². The molecule has 11 nitrogen and oxygen atoms in total. The standard InChI is InChI=1S/C31H20Cl2F10N4O7/c32-19-2-1-15(7-18(19)23(48)46(27(12-44)5-6-27)14-53-25(51)52-13-26(3-4-26)24(49)50)16-10-45-47(11-16)22-20(33)8-17(9-21(22)54-31(41,42)43)28(34,29(35,36)37)30(38,39)40/h1-2,7-11H,3-6,13-14H2,(H,49,50). The zero-order chi connectivity index (χ0) is 40.2. The summed E-state index contributed by atoms with van der Waals surface area (Å²) >= 11 is 12.2. The first-order chi connectivity index (χ1) is 24.9. The van der Waals surface area contributed by atoms with Crippen LogP contribution in [0.25, 0.3) is 16.8 Å². The highest BCUT2D eigenvalue weighted by Gasteiger charge is 2.73. The van der Waals surface area contributed by atoms with E-state index in [0.717, 1.165) is 23.4 Å². The van der Waals surface area contributed by atoms with Crippen LogP contribution in [0.1, 0.15) is 41.6 Å². The fourth-order valence-corrected chi connectivity index (χ4v) is 5.65. The van der Waals surface area contributed by atoms with Gasteiger partial charge in [-0.3, -0.25) is 14.5 Å². The Bertz CT molecular complexity index is 2020. The molecule has 2 aliphatic carbocycles. The largest absolute Gasteiger partial charge is 0.573 e. The van der Waals surface area contributed by atoms with E-state index in [-0.39, 0.29) is 53.5 Å². The molecule has 0 bridgehead atoms. The van der Waals surface area contributed by atoms with Crippen LogP contribution >= 0.6 is 23.2 Å². The molecule has 0 saturated heterocycles. The summed E-state index contributed by atoms with van der Waals surface area (Å²) in [4.78, 5) is 38.2. The van der Waals surface area contributed by atoms with Gasteiger partial charge in [0.2, 0.25) is 0 Å². The number of rotatable bonds is 11. The van der Waals surface area contributed by atoms with Crippen LogP contribution in [0.2, 0.25) is 10.0 Å². The molecule has 1 amide bonds. The van der Waals surface area contributed by atoms with Gasteiger partial charge in [-0.15, -0.1) is 13.2 Å². The van der Waals surface area contributed by atoms with E-state index < -0.39 is 94.8 Å². The first-order valence-electron chi connectivity index (χ1n) is 14.9. The monoisotopic (exact) mass is 820 g/mol. The molecule has 54 heavy (non-hydrogen) atoms. The Kier molecular flexibility index (Phi) is 10.2. The van der Waals surface area contributed by atoms with Crippen molar-refractivity contribution in [3.8, 4) is 28.6 Å². The molecule has 0 atom stereocenters. The number of aliphatic carboxylic acids is 1. The van der Waals surface area contributed by atoms with Gasteiger partial charge in [0.25, 0.3) is 5.91 Å². The molecule has 0 radical (unpaired) electrons. The molecule has 0 unspecified atom stereocenters. The fourth-order valence-electron chi connectivity index (χ4n) is 5.16. The van der Waals surface area contributed by atoms with Crippen LogP contribution in [-0.4, -0.2) is 75.4 Å². The van der Waals surface area contributed by atoms with Crippen LogP contribution in [0.4, 0.5) is 48.7 Å². The van der Waals surface area contributed by atoms with Crippen LogP contribution < -0.4 is 4.74 Å². The summed E-state index contributed by atoms with van der Waals surface area (Å²) in [5.41, 5.74) is -12.6. The van der Waals surface area contributed by atoms with E-state index in [1.807, 2.05) is 6.07 Å². The second-order valence-corrected chi connectivity index (χ2v) is 13.0. The number of nitrogens with zero attached hydrogens (tertiary/aromatic N) is 4. The molecule has 3 aromatic rings. The Balaban J connectivity index is 1.46. The Hall–Kier alpha value is -4.97. The molecule has 1 heterocycles. The minimum atomic E-state index is -6.70. The number of halogens is 12. The van der Waals surface area contributed by atoms with Gasteiger partial charge < -0.3 is 19.3 Å². The lowest BCUT2D eigenvalue weighted by molar-refractivity contribution is -0.348. The third kappa shape index (κ3) is 7.66. The number of nitriles is 1. The van der Waals surface area contributed by atoms with Crippen molar-refractivity contribution < 1.29 is 77.6 Å². The zero-order valence-corrected chi connectivity index (χ0v) is 28.0. The minimum Gasteiger partial charge on any atom is -0.481 e. The van der Waals surface area contributed by atoms with Crippen molar-refractivity contribution in [2.75, 3.05) is 13.3 Å². The second kappa shape index (κ2) is 13.7. The molecule has 2 saturated carbocycles. The maximum atomic E-state index is 14.8. The highest BCUT2D eigenvalue weighted by Crippen LogP contribution is 2.55. The van der Waals surface area contributed by atoms with Gasteiger partial charge in [-0.25, -0.2) is 13.9 Å². The molecule has 5 rings (SSSR count). The van der Waals surface area contributed by atoms with E-state index >= 15 is 0 Å². The predicted molar refractivity (Wildman–Crippen MR) is 161 cm³/mol. The van der Waals surface area contributed by atoms with E-state index in [1.54, 1.807) is 0 Å². The molecule has 290 valence electrons. The highest BCUT2D eigenvalue weighted by atomic mass is 35.5. The molecular formula is C31H20Cl2F10N4O7. The van der Waals surface area contributed by atoms with Gasteiger partial charge in [0.1, 0.15) is 23.2 Å². The van der Waals surface area contributed by atoms with Gasteiger partial charge >= 0.3 is 36.5 Å². The minimum absolute atomic E-state index is 0.0300. The number of amides is 1. The van der Waals surface area contributed by atoms with Crippen molar-refractivity contribution in [3.05, 3.63) is 63.9 Å². The van der Waals surface area contributed by atoms with Gasteiger partial charge in [-0.05, 0) is 55.5 Å². The molecule has 2 aromatic carbocycles. The lowest BCUT2D eigenvalue weighted by Crippen LogP contribution is -2.50. The van der Waals surface area contributed by atoms with Crippen LogP contribution in [0.15, 0.2) is 42.7 Å². The summed E-state index contributed by atoms with van der Waals surface area (Å²) in [6.45, 7) is -1.35. The first-order valence-corrected chi connectivity index (χ1v) is 15.7. The molecule has 23 heteroatoms. The van der Waals surface area contributed by atoms with Crippen LogP contribution in [0.3, 0.4) is 0 Å². The zero-order valence-electron chi connectivity index (χ0n) is 26.5. The number of hydrogen-bond donors (Lipinski definition) is 1. The van der Waals surface area contributed by atoms with Crippen molar-refractivity contribution in [1.82, 2.24) is 14.7 Å². The number of carboxylic acid groups (broad SMARTS) is 1. The normalized spacial score (nSPS) is 16.2. The van der Waals surface area contributed by atoms with Crippen LogP contribution in [0, 0.1) is 16.7 Å². The predicted octanol–water partition coefficient (Wildman–Crippen LogP) is 8.51. The molecule has 0 aliphatic heterocycles. The molecule has 1 aromatic heterocycles. The first kappa shape index (κ1) is 40.2. The van der Waals surface area contributed by atoms with Gasteiger partial charge in [-0.1, -0.05) is 29.3 Å². The molecule has 1 N–H and O–H groups in total. The summed E-state index contributed by atoms with van der Waals surface area (Å²) in [6, 6.07) is 4.85. The Morgan fingerprint density at radius 1 is 0.907 bits per heavy atom. The van der Waals surface area contributed by atoms with E-state index in [2.05, 4.69) is 9.84 Å². The number of carbonyl (C=O) groups excluding carboxylic acids is 2. The van der Waals surface area contributed by atoms with Gasteiger partial charge in [-0.2, -0.15) is 36.7 Å². The molecule has 2 aliphatic rings. The summed E-state index contributed by atoms with van der Waals surface area (Å²) in [7, 11) is 0. The third-order valence-corrected chi connectivity index (χ3v) is 9.17. The molecule has 2 fully saturated rings. The molecular weight excluding hydrogens is 801 g/mol. The van der Waals surface area contributed by atoms with Crippen molar-refractivity contribution >= 4 is 41.2 Å². The van der Waals surface area contributed by atoms with E-state index in [1.165, 1.54) is 12.1 Å². The third-order valence-electron chi connectivity index (χ3n) is 8.55. The Labute approximate surface area is 305 Å². The smallest absolute Gasteiger partial charge is 0.481 e. The fraction of sp³-hybridized carbons (Fsp3) is 0.387. The number of carbonyl (C=O) groups is 3. The van der Waals surface area contributed by atoms with Gasteiger partial charge in [0, 0.05) is 17.3 Å². The quantitative estimate of drug-likeness (QED) is 0.114. The SMILES string of the molecule is N#CC1(N(COC(=O)OCC2(C(=O)O)CC2)C(=O)c2cc(-c3cnn(-c4c(Cl)cc(C(F)(C(F)(F)F)C(F)(F)F)cc4OC(F)(F)F)c3)ccc2Cl)CC1. The van der Waals surface area contributed by atoms with Gasteiger partial charge in [0.05, 0.1) is 27.9 Å². The second-order valence-electron chi connectivity index (χ2n) is 12.1. The maximum Gasteiger partial charge on any atom is 0.573 e. The van der Waals surface area contributed by atoms with E-state index in [9.17, 15) is 68.7 Å². The summed E-state index contributed by atoms with van der Waals surface area (Å²) < 4.78 is 149. The Morgan fingerprint density at radius 2 is 1.54 bits per heavy atom. The highest BCUT2D eigenvalue weighted by molar-refractivity contribution is 6.34. The average Bonchev–Trinajstić information content (AvgIpc) is 3.98. The van der Waals surface area contributed by atoms with Crippen LogP contribution in [-0.2, 0) is 19.9 Å². The number of aromatic nitrogens is 2. The van der Waals surface area contributed by atoms with Crippen LogP contribution in [0.5, 0.6) is 5.75 Å². The van der Waals surface area contributed by atoms with Crippen molar-refractivity contribution in [2.45, 2.75) is 55.6 Å². The lowest BCUT2D eigenvalue weighted by Gasteiger charge is -2.31. The lowest BCUT2D eigenvalue weighted by atomic mass is 9.93. The summed E-state index contributed by atoms with van der Waals surface area (Å²) in [5, 5.41) is 21.3.